The van der Waals surface area contributed by atoms with Gasteiger partial charge in [-0.2, -0.15) is 5.10 Å². The predicted octanol–water partition coefficient (Wildman–Crippen LogP) is 1.57. The molecule has 1 aromatic heterocycles. The lowest BCUT2D eigenvalue weighted by Crippen LogP contribution is -2.50. The molecule has 0 saturated carbocycles. The molecule has 0 spiro atoms. The van der Waals surface area contributed by atoms with Gasteiger partial charge >= 0.3 is 0 Å². The van der Waals surface area contributed by atoms with Gasteiger partial charge in [-0.15, -0.1) is 0 Å². The Morgan fingerprint density at radius 2 is 1.56 bits per heavy atom. The fourth-order valence-electron chi connectivity index (χ4n) is 3.18. The minimum atomic E-state index is -0.346. The molecule has 2 heterocycles. The summed E-state index contributed by atoms with van der Waals surface area (Å²) >= 11 is 0. The maximum Gasteiger partial charge on any atom is 0.274 e. The first-order valence-electron chi connectivity index (χ1n) is 9.17. The monoisotopic (exact) mass is 368 g/mol. The first kappa shape index (κ1) is 18.8. The van der Waals surface area contributed by atoms with Gasteiger partial charge in [-0.3, -0.25) is 14.4 Å². The van der Waals surface area contributed by atoms with E-state index in [1.54, 1.807) is 9.80 Å². The number of hydrogen-bond acceptors (Lipinski definition) is 4. The molecule has 0 atom stereocenters. The van der Waals surface area contributed by atoms with Crippen molar-refractivity contribution < 1.29 is 9.59 Å². The summed E-state index contributed by atoms with van der Waals surface area (Å²) in [6.07, 6.45) is 0.994. The Labute approximate surface area is 158 Å². The van der Waals surface area contributed by atoms with Crippen LogP contribution < -0.4 is 5.56 Å². The number of piperazine rings is 1. The molecule has 142 valence electrons. The molecule has 1 aliphatic rings. The van der Waals surface area contributed by atoms with Gasteiger partial charge < -0.3 is 9.80 Å². The molecule has 1 N–H and O–H groups in total. The molecule has 2 amide bonds. The minimum Gasteiger partial charge on any atom is -0.335 e. The van der Waals surface area contributed by atoms with Crippen LogP contribution >= 0.6 is 0 Å². The highest BCUT2D eigenvalue weighted by atomic mass is 16.2. The van der Waals surface area contributed by atoms with Crippen LogP contribution in [0.25, 0.3) is 0 Å². The molecule has 1 aliphatic heterocycles. The zero-order valence-corrected chi connectivity index (χ0v) is 15.6. The molecule has 1 fully saturated rings. The SMILES string of the molecule is CC(C)Cc1ccc(C(=O)N2CCN(C(=O)c3ccc(=O)[nH]n3)CC2)cc1. The molecular formula is C20H24N4O3. The van der Waals surface area contributed by atoms with Crippen molar-refractivity contribution in [2.75, 3.05) is 26.2 Å². The molecule has 1 saturated heterocycles. The van der Waals surface area contributed by atoms with Crippen molar-refractivity contribution in [3.8, 4) is 0 Å². The van der Waals surface area contributed by atoms with Crippen LogP contribution in [0.3, 0.4) is 0 Å². The molecule has 7 heteroatoms. The van der Waals surface area contributed by atoms with Gasteiger partial charge in [0.15, 0.2) is 0 Å². The summed E-state index contributed by atoms with van der Waals surface area (Å²) in [4.78, 5) is 39.6. The summed E-state index contributed by atoms with van der Waals surface area (Å²) in [5.41, 5.74) is 1.76. The second kappa shape index (κ2) is 8.16. The Morgan fingerprint density at radius 3 is 2.07 bits per heavy atom. The number of benzene rings is 1. The zero-order chi connectivity index (χ0) is 19.4. The molecule has 0 unspecified atom stereocenters. The van der Waals surface area contributed by atoms with Crippen molar-refractivity contribution in [2.45, 2.75) is 20.3 Å². The number of aromatic nitrogens is 2. The number of carbonyl (C=O) groups excluding carboxylic acids is 2. The van der Waals surface area contributed by atoms with E-state index < -0.39 is 0 Å². The van der Waals surface area contributed by atoms with E-state index in [1.807, 2.05) is 24.3 Å². The van der Waals surface area contributed by atoms with Gasteiger partial charge in [0.2, 0.25) is 0 Å². The average molecular weight is 368 g/mol. The van der Waals surface area contributed by atoms with Crippen molar-refractivity contribution in [3.05, 3.63) is 63.6 Å². The average Bonchev–Trinajstić information content (AvgIpc) is 2.68. The van der Waals surface area contributed by atoms with Crippen molar-refractivity contribution in [1.29, 1.82) is 0 Å². The Bertz CT molecular complexity index is 845. The largest absolute Gasteiger partial charge is 0.335 e. The number of rotatable bonds is 4. The van der Waals surface area contributed by atoms with E-state index in [0.29, 0.717) is 37.7 Å². The van der Waals surface area contributed by atoms with Crippen molar-refractivity contribution in [1.82, 2.24) is 20.0 Å². The molecule has 0 aliphatic carbocycles. The van der Waals surface area contributed by atoms with E-state index in [0.717, 1.165) is 6.42 Å². The lowest BCUT2D eigenvalue weighted by molar-refractivity contribution is 0.0531. The predicted molar refractivity (Wildman–Crippen MR) is 102 cm³/mol. The molecule has 1 aromatic carbocycles. The van der Waals surface area contributed by atoms with Crippen LogP contribution in [0.15, 0.2) is 41.2 Å². The smallest absolute Gasteiger partial charge is 0.274 e. The molecule has 2 aromatic rings. The van der Waals surface area contributed by atoms with Gasteiger partial charge in [-0.25, -0.2) is 5.10 Å². The van der Waals surface area contributed by atoms with Gasteiger partial charge in [0, 0.05) is 37.8 Å². The second-order valence-corrected chi connectivity index (χ2v) is 7.19. The van der Waals surface area contributed by atoms with Crippen molar-refractivity contribution in [2.24, 2.45) is 5.92 Å². The summed E-state index contributed by atoms with van der Waals surface area (Å²) < 4.78 is 0. The minimum absolute atomic E-state index is 0.0136. The standard InChI is InChI=1S/C20H24N4O3/c1-14(2)13-15-3-5-16(6-4-15)19(26)23-9-11-24(12-10-23)20(27)17-7-8-18(25)22-21-17/h3-8,14H,9-13H2,1-2H3,(H,22,25). The third kappa shape index (κ3) is 4.61. The summed E-state index contributed by atoms with van der Waals surface area (Å²) in [5.74, 6) is 0.325. The van der Waals surface area contributed by atoms with Crippen molar-refractivity contribution >= 4 is 11.8 Å². The lowest BCUT2D eigenvalue weighted by Gasteiger charge is -2.34. The summed E-state index contributed by atoms with van der Waals surface area (Å²) in [6, 6.07) is 10.5. The zero-order valence-electron chi connectivity index (χ0n) is 15.6. The van der Waals surface area contributed by atoms with Gasteiger partial charge in [0.1, 0.15) is 5.69 Å². The van der Waals surface area contributed by atoms with E-state index in [2.05, 4.69) is 24.0 Å². The molecular weight excluding hydrogens is 344 g/mol. The van der Waals surface area contributed by atoms with Crippen LogP contribution in [0, 0.1) is 5.92 Å². The fraction of sp³-hybridized carbons (Fsp3) is 0.400. The van der Waals surface area contributed by atoms with Crippen LogP contribution in [0.1, 0.15) is 40.3 Å². The maximum atomic E-state index is 12.7. The van der Waals surface area contributed by atoms with Crippen LogP contribution in [0.2, 0.25) is 0 Å². The van der Waals surface area contributed by atoms with Gasteiger partial charge in [0.05, 0.1) is 0 Å². The van der Waals surface area contributed by atoms with Gasteiger partial charge in [-0.1, -0.05) is 26.0 Å². The molecule has 0 bridgehead atoms. The molecule has 3 rings (SSSR count). The third-order valence-corrected chi connectivity index (χ3v) is 4.60. The number of hydrogen-bond donors (Lipinski definition) is 1. The number of amides is 2. The molecule has 0 radical (unpaired) electrons. The van der Waals surface area contributed by atoms with Gasteiger partial charge in [0.25, 0.3) is 17.4 Å². The Balaban J connectivity index is 1.58. The first-order valence-corrected chi connectivity index (χ1v) is 9.17. The second-order valence-electron chi connectivity index (χ2n) is 7.19. The fourth-order valence-corrected chi connectivity index (χ4v) is 3.18. The van der Waals surface area contributed by atoms with Crippen LogP contribution in [0.4, 0.5) is 0 Å². The van der Waals surface area contributed by atoms with Crippen molar-refractivity contribution in [3.63, 3.8) is 0 Å². The molecule has 27 heavy (non-hydrogen) atoms. The lowest BCUT2D eigenvalue weighted by atomic mass is 10.0. The summed E-state index contributed by atoms with van der Waals surface area (Å²) in [6.45, 7) is 6.17. The van der Waals surface area contributed by atoms with E-state index in [9.17, 15) is 14.4 Å². The van der Waals surface area contributed by atoms with E-state index in [-0.39, 0.29) is 23.1 Å². The number of nitrogens with zero attached hydrogens (tertiary/aromatic N) is 3. The Morgan fingerprint density at radius 1 is 0.963 bits per heavy atom. The third-order valence-electron chi connectivity index (χ3n) is 4.60. The highest BCUT2D eigenvalue weighted by Crippen LogP contribution is 2.14. The highest BCUT2D eigenvalue weighted by Gasteiger charge is 2.26. The van der Waals surface area contributed by atoms with Crippen LogP contribution in [-0.2, 0) is 6.42 Å². The normalized spacial score (nSPS) is 14.5. The van der Waals surface area contributed by atoms with E-state index >= 15 is 0 Å². The highest BCUT2D eigenvalue weighted by molar-refractivity contribution is 5.95. The van der Waals surface area contributed by atoms with Gasteiger partial charge in [-0.05, 0) is 36.1 Å². The first-order chi connectivity index (χ1) is 12.9. The Hall–Kier alpha value is -2.96. The maximum absolute atomic E-state index is 12.7. The van der Waals surface area contributed by atoms with Crippen LogP contribution in [0.5, 0.6) is 0 Å². The topological polar surface area (TPSA) is 86.4 Å². The quantitative estimate of drug-likeness (QED) is 0.887. The number of aromatic amines is 1. The summed E-state index contributed by atoms with van der Waals surface area (Å²) in [7, 11) is 0. The molecule has 7 nitrogen and oxygen atoms in total. The summed E-state index contributed by atoms with van der Waals surface area (Å²) in [5, 5.41) is 6.04. The van der Waals surface area contributed by atoms with E-state index in [4.69, 9.17) is 0 Å². The van der Waals surface area contributed by atoms with Crippen LogP contribution in [-0.4, -0.2) is 58.0 Å². The number of H-pyrrole nitrogens is 1. The van der Waals surface area contributed by atoms with E-state index in [1.165, 1.54) is 17.7 Å². The number of carbonyl (C=O) groups is 2. The Kier molecular flexibility index (Phi) is 5.69. The number of nitrogens with one attached hydrogen (secondary N) is 1.